The Morgan fingerprint density at radius 2 is 1.97 bits per heavy atom. The second kappa shape index (κ2) is 9.41. The van der Waals surface area contributed by atoms with Crippen molar-refractivity contribution in [2.45, 2.75) is 30.6 Å². The molecule has 8 heteroatoms. The summed E-state index contributed by atoms with van der Waals surface area (Å²) in [6, 6.07) is 5.54. The first-order valence-electron chi connectivity index (χ1n) is 10.2. The molecule has 1 aliphatic carbocycles. The normalized spacial score (nSPS) is 16.1. The van der Waals surface area contributed by atoms with Gasteiger partial charge in [0.2, 0.25) is 0 Å². The quantitative estimate of drug-likeness (QED) is 0.701. The number of morpholine rings is 1. The summed E-state index contributed by atoms with van der Waals surface area (Å²) in [4.78, 5) is 30.6. The highest BCUT2D eigenvalue weighted by atomic mass is 32.2. The van der Waals surface area contributed by atoms with Crippen molar-refractivity contribution in [1.82, 2.24) is 4.90 Å². The van der Waals surface area contributed by atoms with Crippen LogP contribution in [0.1, 0.15) is 44.0 Å². The van der Waals surface area contributed by atoms with Crippen LogP contribution >= 0.6 is 23.1 Å². The minimum atomic E-state index is -0.255. The minimum absolute atomic E-state index is 0.00213. The molecule has 1 saturated heterocycles. The lowest BCUT2D eigenvalue weighted by Crippen LogP contribution is -2.41. The summed E-state index contributed by atoms with van der Waals surface area (Å²) in [5.74, 6) is 0.272. The number of hydrogen-bond acceptors (Lipinski definition) is 6. The number of aryl methyl sites for hydroxylation is 1. The van der Waals surface area contributed by atoms with E-state index in [9.17, 15) is 9.59 Å². The average molecular weight is 447 g/mol. The molecular formula is C22H26N2O4S2. The largest absolute Gasteiger partial charge is 0.496 e. The molecule has 0 radical (unpaired) electrons. The third-order valence-electron chi connectivity index (χ3n) is 5.56. The molecule has 2 aliphatic rings. The van der Waals surface area contributed by atoms with E-state index in [1.54, 1.807) is 36.3 Å². The molecule has 160 valence electrons. The van der Waals surface area contributed by atoms with E-state index in [-0.39, 0.29) is 11.8 Å². The number of nitrogens with one attached hydrogen (secondary N) is 1. The smallest absolute Gasteiger partial charge is 0.260 e. The molecule has 2 amide bonds. The number of carbonyl (C=O) groups is 2. The van der Waals surface area contributed by atoms with Crippen molar-refractivity contribution in [1.29, 1.82) is 0 Å². The van der Waals surface area contributed by atoms with E-state index >= 15 is 0 Å². The highest BCUT2D eigenvalue weighted by Gasteiger charge is 2.30. The Labute approximate surface area is 184 Å². The highest BCUT2D eigenvalue weighted by molar-refractivity contribution is 7.98. The average Bonchev–Trinajstić information content (AvgIpc) is 3.16. The van der Waals surface area contributed by atoms with Crippen LogP contribution in [0.15, 0.2) is 23.1 Å². The summed E-state index contributed by atoms with van der Waals surface area (Å²) in [6.07, 6.45) is 6.03. The number of thiophene rings is 1. The molecule has 1 aromatic carbocycles. The molecule has 1 fully saturated rings. The van der Waals surface area contributed by atoms with Gasteiger partial charge in [-0.3, -0.25) is 9.59 Å². The van der Waals surface area contributed by atoms with E-state index in [0.29, 0.717) is 48.2 Å². The molecule has 0 saturated carbocycles. The molecular weight excluding hydrogens is 420 g/mol. The van der Waals surface area contributed by atoms with Gasteiger partial charge in [0.25, 0.3) is 11.8 Å². The molecule has 6 nitrogen and oxygen atoms in total. The van der Waals surface area contributed by atoms with Gasteiger partial charge in [0.05, 0.1) is 31.5 Å². The molecule has 1 aromatic heterocycles. The van der Waals surface area contributed by atoms with E-state index in [1.165, 1.54) is 4.88 Å². The van der Waals surface area contributed by atoms with Crippen LogP contribution in [-0.2, 0) is 17.6 Å². The van der Waals surface area contributed by atoms with Crippen LogP contribution in [0.25, 0.3) is 0 Å². The number of hydrogen-bond donors (Lipinski definition) is 1. The van der Waals surface area contributed by atoms with Crippen LogP contribution in [0.5, 0.6) is 5.75 Å². The maximum Gasteiger partial charge on any atom is 0.260 e. The summed E-state index contributed by atoms with van der Waals surface area (Å²) in [6.45, 7) is 2.28. The summed E-state index contributed by atoms with van der Waals surface area (Å²) >= 11 is 3.14. The molecule has 0 unspecified atom stereocenters. The van der Waals surface area contributed by atoms with E-state index in [4.69, 9.17) is 9.47 Å². The predicted molar refractivity (Wildman–Crippen MR) is 120 cm³/mol. The van der Waals surface area contributed by atoms with Gasteiger partial charge in [-0.05, 0) is 55.7 Å². The monoisotopic (exact) mass is 446 g/mol. The van der Waals surface area contributed by atoms with Crippen molar-refractivity contribution < 1.29 is 19.1 Å². The van der Waals surface area contributed by atoms with Gasteiger partial charge in [0.1, 0.15) is 10.8 Å². The first-order chi connectivity index (χ1) is 14.6. The van der Waals surface area contributed by atoms with Crippen molar-refractivity contribution in [2.24, 2.45) is 0 Å². The van der Waals surface area contributed by atoms with Crippen LogP contribution in [-0.4, -0.2) is 56.4 Å². The van der Waals surface area contributed by atoms with Gasteiger partial charge in [0, 0.05) is 22.9 Å². The maximum absolute atomic E-state index is 13.4. The van der Waals surface area contributed by atoms with Gasteiger partial charge in [-0.25, -0.2) is 0 Å². The number of thioether (sulfide) groups is 1. The number of methoxy groups -OCH3 is 1. The minimum Gasteiger partial charge on any atom is -0.496 e. The number of amides is 2. The molecule has 2 aromatic rings. The Hall–Kier alpha value is -2.03. The highest BCUT2D eigenvalue weighted by Crippen LogP contribution is 2.39. The van der Waals surface area contributed by atoms with Gasteiger partial charge in [-0.1, -0.05) is 0 Å². The maximum atomic E-state index is 13.4. The summed E-state index contributed by atoms with van der Waals surface area (Å²) < 4.78 is 10.8. The summed E-state index contributed by atoms with van der Waals surface area (Å²) in [5, 5.41) is 3.68. The molecule has 1 N–H and O–H groups in total. The Balaban J connectivity index is 1.66. The molecule has 0 spiro atoms. The van der Waals surface area contributed by atoms with Gasteiger partial charge in [0.15, 0.2) is 0 Å². The lowest BCUT2D eigenvalue weighted by Gasteiger charge is -2.27. The Bertz CT molecular complexity index is 951. The Kier molecular flexibility index (Phi) is 6.65. The Morgan fingerprint density at radius 1 is 1.20 bits per heavy atom. The third kappa shape index (κ3) is 4.22. The van der Waals surface area contributed by atoms with Gasteiger partial charge in [-0.15, -0.1) is 23.1 Å². The molecule has 30 heavy (non-hydrogen) atoms. The van der Waals surface area contributed by atoms with Gasteiger partial charge >= 0.3 is 0 Å². The third-order valence-corrected chi connectivity index (χ3v) is 7.50. The van der Waals surface area contributed by atoms with E-state index in [2.05, 4.69) is 5.32 Å². The van der Waals surface area contributed by atoms with E-state index in [0.717, 1.165) is 36.1 Å². The van der Waals surface area contributed by atoms with Gasteiger partial charge in [-0.2, -0.15) is 0 Å². The molecule has 0 bridgehead atoms. The number of carbonyl (C=O) groups excluding carboxylic acids is 2. The van der Waals surface area contributed by atoms with Crippen LogP contribution in [0.3, 0.4) is 0 Å². The number of rotatable bonds is 5. The summed E-state index contributed by atoms with van der Waals surface area (Å²) in [7, 11) is 1.56. The Morgan fingerprint density at radius 3 is 2.70 bits per heavy atom. The van der Waals surface area contributed by atoms with Crippen LogP contribution < -0.4 is 10.1 Å². The number of nitrogens with zero attached hydrogens (tertiary/aromatic N) is 1. The fraction of sp³-hybridized carbons (Fsp3) is 0.455. The number of fused-ring (bicyclic) bond motifs is 1. The first-order valence-corrected chi connectivity index (χ1v) is 12.2. The van der Waals surface area contributed by atoms with Crippen molar-refractivity contribution in [3.05, 3.63) is 39.8 Å². The van der Waals surface area contributed by atoms with Crippen LogP contribution in [0.4, 0.5) is 5.00 Å². The molecule has 1 aliphatic heterocycles. The lowest BCUT2D eigenvalue weighted by molar-refractivity contribution is 0.0303. The second-order valence-corrected chi connectivity index (χ2v) is 9.32. The van der Waals surface area contributed by atoms with Crippen molar-refractivity contribution in [3.63, 3.8) is 0 Å². The van der Waals surface area contributed by atoms with Crippen LogP contribution in [0.2, 0.25) is 0 Å². The predicted octanol–water partition coefficient (Wildman–Crippen LogP) is 4.08. The summed E-state index contributed by atoms with van der Waals surface area (Å²) in [5.41, 5.74) is 2.25. The SMILES string of the molecule is COc1cc(SC)ccc1C(=O)Nc1sc2c(c1C(=O)N1CCOCC1)CCCC2. The number of anilines is 1. The van der Waals surface area contributed by atoms with Gasteiger partial charge < -0.3 is 19.7 Å². The number of ether oxygens (including phenoxy) is 2. The zero-order valence-corrected chi connectivity index (χ0v) is 18.9. The fourth-order valence-corrected chi connectivity index (χ4v) is 5.67. The first kappa shape index (κ1) is 21.2. The zero-order valence-electron chi connectivity index (χ0n) is 17.3. The molecule has 4 rings (SSSR count). The molecule has 2 heterocycles. The zero-order chi connectivity index (χ0) is 21.1. The van der Waals surface area contributed by atoms with Crippen molar-refractivity contribution in [2.75, 3.05) is 45.0 Å². The molecule has 0 atom stereocenters. The fourth-order valence-electron chi connectivity index (χ4n) is 3.96. The van der Waals surface area contributed by atoms with E-state index in [1.807, 2.05) is 23.3 Å². The van der Waals surface area contributed by atoms with E-state index < -0.39 is 0 Å². The van der Waals surface area contributed by atoms with Crippen LogP contribution in [0, 0.1) is 0 Å². The van der Waals surface area contributed by atoms with Crippen molar-refractivity contribution >= 4 is 39.9 Å². The number of benzene rings is 1. The standard InChI is InChI=1S/C22H26N2O4S2/c1-27-17-13-14(29-2)7-8-15(17)20(25)23-21-19(16-5-3-4-6-18(16)30-21)22(26)24-9-11-28-12-10-24/h7-8,13H,3-6,9-12H2,1-2H3,(H,23,25). The topological polar surface area (TPSA) is 67.9 Å². The second-order valence-electron chi connectivity index (χ2n) is 7.34. The lowest BCUT2D eigenvalue weighted by atomic mass is 9.95. The van der Waals surface area contributed by atoms with Crippen molar-refractivity contribution in [3.8, 4) is 5.75 Å².